The predicted molar refractivity (Wildman–Crippen MR) is 91.2 cm³/mol. The number of rotatable bonds is 3. The molecule has 0 radical (unpaired) electrons. The van der Waals surface area contributed by atoms with E-state index in [1.807, 2.05) is 32.0 Å². The van der Waals surface area contributed by atoms with Gasteiger partial charge < -0.3 is 19.7 Å². The monoisotopic (exact) mass is 328 g/mol. The molecule has 5 heteroatoms. The van der Waals surface area contributed by atoms with E-state index in [4.69, 9.17) is 9.26 Å². The summed E-state index contributed by atoms with van der Waals surface area (Å²) in [6, 6.07) is 5.86. The third kappa shape index (κ3) is 2.77. The molecule has 5 nitrogen and oxygen atoms in total. The minimum atomic E-state index is -0.495. The van der Waals surface area contributed by atoms with Crippen LogP contribution in [0.2, 0.25) is 0 Å². The van der Waals surface area contributed by atoms with Crippen molar-refractivity contribution >= 4 is 5.69 Å². The third-order valence-electron chi connectivity index (χ3n) is 4.95. The third-order valence-corrected chi connectivity index (χ3v) is 4.95. The Morgan fingerprint density at radius 1 is 1.29 bits per heavy atom. The van der Waals surface area contributed by atoms with Gasteiger partial charge in [0.1, 0.15) is 22.8 Å². The Hall–Kier alpha value is -2.01. The van der Waals surface area contributed by atoms with Crippen molar-refractivity contribution < 1.29 is 14.4 Å². The first-order chi connectivity index (χ1) is 11.5. The van der Waals surface area contributed by atoms with Gasteiger partial charge in [-0.25, -0.2) is 0 Å². The van der Waals surface area contributed by atoms with E-state index in [9.17, 15) is 5.11 Å². The minimum absolute atomic E-state index is 0.378. The largest absolute Gasteiger partial charge is 0.485 e. The zero-order valence-electron chi connectivity index (χ0n) is 14.3. The summed E-state index contributed by atoms with van der Waals surface area (Å²) in [7, 11) is 0. The number of nitrogens with one attached hydrogen (secondary N) is 1. The molecule has 0 bridgehead atoms. The lowest BCUT2D eigenvalue weighted by Gasteiger charge is -2.36. The molecule has 1 aliphatic carbocycles. The van der Waals surface area contributed by atoms with Crippen LogP contribution in [0.4, 0.5) is 5.69 Å². The molecule has 0 amide bonds. The molecule has 1 aliphatic heterocycles. The van der Waals surface area contributed by atoms with Gasteiger partial charge in [-0.15, -0.1) is 0 Å². The number of ether oxygens (including phenoxy) is 1. The van der Waals surface area contributed by atoms with Crippen molar-refractivity contribution in [2.24, 2.45) is 0 Å². The van der Waals surface area contributed by atoms with Crippen LogP contribution < -0.4 is 10.1 Å². The van der Waals surface area contributed by atoms with E-state index in [2.05, 4.69) is 10.5 Å². The first kappa shape index (κ1) is 15.5. The van der Waals surface area contributed by atoms with E-state index in [0.717, 1.165) is 41.3 Å². The lowest BCUT2D eigenvalue weighted by Crippen LogP contribution is -2.35. The number of benzene rings is 1. The van der Waals surface area contributed by atoms with Gasteiger partial charge in [0.05, 0.1) is 18.3 Å². The molecular weight excluding hydrogens is 304 g/mol. The fraction of sp³-hybridized carbons (Fsp3) is 0.526. The number of hydrogen-bond acceptors (Lipinski definition) is 5. The summed E-state index contributed by atoms with van der Waals surface area (Å²) in [4.78, 5) is 0. The molecule has 0 saturated carbocycles. The molecule has 24 heavy (non-hydrogen) atoms. The van der Waals surface area contributed by atoms with E-state index in [0.29, 0.717) is 13.0 Å². The maximum atomic E-state index is 10.4. The van der Waals surface area contributed by atoms with Gasteiger partial charge in [0.15, 0.2) is 0 Å². The van der Waals surface area contributed by atoms with Crippen molar-refractivity contribution in [2.45, 2.75) is 64.2 Å². The van der Waals surface area contributed by atoms with Crippen LogP contribution in [0.25, 0.3) is 0 Å². The Morgan fingerprint density at radius 3 is 3.00 bits per heavy atom. The predicted octanol–water partition coefficient (Wildman–Crippen LogP) is 3.76. The highest BCUT2D eigenvalue weighted by Gasteiger charge is 2.34. The maximum Gasteiger partial charge on any atom is 0.149 e. The van der Waals surface area contributed by atoms with Crippen LogP contribution in [0, 0.1) is 0 Å². The van der Waals surface area contributed by atoms with Gasteiger partial charge in [-0.05, 0) is 39.2 Å². The minimum Gasteiger partial charge on any atom is -0.485 e. The second-order valence-corrected chi connectivity index (χ2v) is 7.40. The van der Waals surface area contributed by atoms with Gasteiger partial charge in [-0.1, -0.05) is 17.3 Å². The highest BCUT2D eigenvalue weighted by Crippen LogP contribution is 2.43. The van der Waals surface area contributed by atoms with Gasteiger partial charge >= 0.3 is 0 Å². The number of aromatic nitrogens is 1. The van der Waals surface area contributed by atoms with Crippen LogP contribution in [0.5, 0.6) is 5.75 Å². The smallest absolute Gasteiger partial charge is 0.149 e. The van der Waals surface area contributed by atoms with Crippen molar-refractivity contribution in [1.82, 2.24) is 5.16 Å². The number of fused-ring (bicyclic) bond motifs is 2. The van der Waals surface area contributed by atoms with Crippen molar-refractivity contribution in [2.75, 3.05) is 5.32 Å². The van der Waals surface area contributed by atoms with Crippen LogP contribution in [-0.4, -0.2) is 15.9 Å². The zero-order chi connectivity index (χ0) is 16.7. The van der Waals surface area contributed by atoms with Crippen LogP contribution in [0.15, 0.2) is 22.7 Å². The fourth-order valence-electron chi connectivity index (χ4n) is 3.73. The summed E-state index contributed by atoms with van der Waals surface area (Å²) in [6.07, 6.45) is 4.52. The number of aliphatic hydroxyl groups excluding tert-OH is 1. The van der Waals surface area contributed by atoms with E-state index >= 15 is 0 Å². The first-order valence-corrected chi connectivity index (χ1v) is 8.74. The fourth-order valence-corrected chi connectivity index (χ4v) is 3.73. The Labute approximate surface area is 142 Å². The van der Waals surface area contributed by atoms with Crippen LogP contribution in [0.3, 0.4) is 0 Å². The number of anilines is 1. The molecule has 0 fully saturated rings. The van der Waals surface area contributed by atoms with Gasteiger partial charge in [0.25, 0.3) is 0 Å². The quantitative estimate of drug-likeness (QED) is 0.898. The van der Waals surface area contributed by atoms with Crippen molar-refractivity contribution in [3.8, 4) is 5.75 Å². The van der Waals surface area contributed by atoms with Crippen LogP contribution in [0.1, 0.15) is 61.8 Å². The Kier molecular flexibility index (Phi) is 3.76. The number of nitrogens with zero attached hydrogens (tertiary/aromatic N) is 1. The maximum absolute atomic E-state index is 10.4. The van der Waals surface area contributed by atoms with Crippen LogP contribution >= 0.6 is 0 Å². The topological polar surface area (TPSA) is 67.5 Å². The average Bonchev–Trinajstić information content (AvgIpc) is 2.95. The molecule has 2 aliphatic rings. The second kappa shape index (κ2) is 5.81. The van der Waals surface area contributed by atoms with Gasteiger partial charge in [0, 0.05) is 24.0 Å². The normalized spacial score (nSPS) is 21.5. The molecule has 1 aromatic heterocycles. The van der Waals surface area contributed by atoms with Crippen LogP contribution in [-0.2, 0) is 19.4 Å². The van der Waals surface area contributed by atoms with Crippen molar-refractivity contribution in [3.05, 3.63) is 40.8 Å². The van der Waals surface area contributed by atoms with Crippen molar-refractivity contribution in [1.29, 1.82) is 0 Å². The molecular formula is C19H24N2O3. The molecule has 1 aromatic carbocycles. The molecule has 2 aromatic rings. The average molecular weight is 328 g/mol. The molecule has 0 spiro atoms. The SMILES string of the molecule is CC1(C)CC(O)c2cccc(NCc3noc4c3CCCC4)c2O1. The highest BCUT2D eigenvalue weighted by atomic mass is 16.5. The number of para-hydroxylation sites is 1. The highest BCUT2D eigenvalue weighted by molar-refractivity contribution is 5.62. The summed E-state index contributed by atoms with van der Waals surface area (Å²) in [5.74, 6) is 1.79. The summed E-state index contributed by atoms with van der Waals surface area (Å²) < 4.78 is 11.6. The summed E-state index contributed by atoms with van der Waals surface area (Å²) in [6.45, 7) is 4.61. The van der Waals surface area contributed by atoms with E-state index in [1.54, 1.807) is 0 Å². The molecule has 1 unspecified atom stereocenters. The van der Waals surface area contributed by atoms with E-state index < -0.39 is 6.10 Å². The second-order valence-electron chi connectivity index (χ2n) is 7.40. The zero-order valence-corrected chi connectivity index (χ0v) is 14.3. The summed E-state index contributed by atoms with van der Waals surface area (Å²) in [5, 5.41) is 18.1. The number of aryl methyl sites for hydroxylation is 1. The lowest BCUT2D eigenvalue weighted by atomic mass is 9.91. The summed E-state index contributed by atoms with van der Waals surface area (Å²) in [5.41, 5.74) is 3.61. The standard InChI is InChI=1S/C19H24N2O3/c1-19(2)10-16(22)13-7-5-8-14(18(13)23-19)20-11-15-12-6-3-4-9-17(12)24-21-15/h5,7-8,16,20,22H,3-4,6,9-11H2,1-2H3. The molecule has 0 saturated heterocycles. The Balaban J connectivity index is 1.58. The molecule has 2 heterocycles. The number of aliphatic hydroxyl groups is 1. The van der Waals surface area contributed by atoms with E-state index in [1.165, 1.54) is 18.4 Å². The Bertz CT molecular complexity index is 751. The molecule has 4 rings (SSSR count). The first-order valence-electron chi connectivity index (χ1n) is 8.74. The van der Waals surface area contributed by atoms with E-state index in [-0.39, 0.29) is 5.60 Å². The van der Waals surface area contributed by atoms with Gasteiger partial charge in [0.2, 0.25) is 0 Å². The molecule has 128 valence electrons. The van der Waals surface area contributed by atoms with Crippen molar-refractivity contribution in [3.63, 3.8) is 0 Å². The lowest BCUT2D eigenvalue weighted by molar-refractivity contribution is 0.0122. The van der Waals surface area contributed by atoms with Gasteiger partial charge in [-0.2, -0.15) is 0 Å². The molecule has 2 N–H and O–H groups in total. The number of hydrogen-bond donors (Lipinski definition) is 2. The Morgan fingerprint density at radius 2 is 2.12 bits per heavy atom. The van der Waals surface area contributed by atoms with Gasteiger partial charge in [-0.3, -0.25) is 0 Å². The molecule has 1 atom stereocenters. The summed E-state index contributed by atoms with van der Waals surface area (Å²) >= 11 is 0.